The fourth-order valence-corrected chi connectivity index (χ4v) is 2.51. The van der Waals surface area contributed by atoms with Crippen molar-refractivity contribution in [1.29, 1.82) is 0 Å². The highest BCUT2D eigenvalue weighted by Gasteiger charge is 2.24. The predicted molar refractivity (Wildman–Crippen MR) is 61.3 cm³/mol. The topological polar surface area (TPSA) is 130 Å². The Balaban J connectivity index is 3.12. The molecule has 0 radical (unpaired) electrons. The largest absolute Gasteiger partial charge is 0.395 e. The molecule has 1 rings (SSSR count). The number of halogens is 1. The second kappa shape index (κ2) is 6.02. The van der Waals surface area contributed by atoms with E-state index in [2.05, 4.69) is 0 Å². The number of sulfonamides is 1. The smallest absolute Gasteiger partial charge is 0.272 e. The molecule has 10 heteroatoms. The highest BCUT2D eigenvalue weighted by molar-refractivity contribution is 7.89. The second-order valence-electron chi connectivity index (χ2n) is 3.56. The van der Waals surface area contributed by atoms with Crippen LogP contribution >= 0.6 is 0 Å². The standard InChI is InChI=1S/C9H11FN2O6S/c10-8-3-7(12(15)16)1-2-9(8)19(17,18)11-6(4-13)5-14/h1-3,6,11,13-14H,4-5H2. The Morgan fingerprint density at radius 1 is 1.37 bits per heavy atom. The van der Waals surface area contributed by atoms with E-state index in [1.54, 1.807) is 0 Å². The minimum Gasteiger partial charge on any atom is -0.395 e. The number of hydrogen-bond donors (Lipinski definition) is 3. The maximum Gasteiger partial charge on any atom is 0.272 e. The number of aliphatic hydroxyl groups excluding tert-OH is 2. The minimum atomic E-state index is -4.32. The van der Waals surface area contributed by atoms with E-state index in [1.807, 2.05) is 4.72 Å². The van der Waals surface area contributed by atoms with Crippen molar-refractivity contribution in [2.75, 3.05) is 13.2 Å². The molecular formula is C9H11FN2O6S. The first-order valence-electron chi connectivity index (χ1n) is 4.99. The maximum absolute atomic E-state index is 13.5. The van der Waals surface area contributed by atoms with Gasteiger partial charge in [-0.15, -0.1) is 0 Å². The fourth-order valence-electron chi connectivity index (χ4n) is 1.24. The molecule has 0 aromatic heterocycles. The van der Waals surface area contributed by atoms with Crippen LogP contribution in [0.3, 0.4) is 0 Å². The van der Waals surface area contributed by atoms with Gasteiger partial charge in [-0.1, -0.05) is 0 Å². The van der Waals surface area contributed by atoms with E-state index in [-0.39, 0.29) is 0 Å². The van der Waals surface area contributed by atoms with Gasteiger partial charge in [0.25, 0.3) is 5.69 Å². The Kier molecular flexibility index (Phi) is 4.89. The van der Waals surface area contributed by atoms with Crippen LogP contribution in [0, 0.1) is 15.9 Å². The lowest BCUT2D eigenvalue weighted by Crippen LogP contribution is -2.40. The van der Waals surface area contributed by atoms with Crippen molar-refractivity contribution >= 4 is 15.7 Å². The van der Waals surface area contributed by atoms with Gasteiger partial charge in [0.05, 0.1) is 30.2 Å². The molecule has 106 valence electrons. The highest BCUT2D eigenvalue weighted by Crippen LogP contribution is 2.20. The summed E-state index contributed by atoms with van der Waals surface area (Å²) in [6.07, 6.45) is 0. The number of rotatable bonds is 6. The predicted octanol–water partition coefficient (Wildman–Crippen LogP) is -0.635. The molecule has 0 heterocycles. The number of benzene rings is 1. The Morgan fingerprint density at radius 3 is 2.37 bits per heavy atom. The fraction of sp³-hybridized carbons (Fsp3) is 0.333. The van der Waals surface area contributed by atoms with Gasteiger partial charge in [-0.25, -0.2) is 17.5 Å². The third-order valence-corrected chi connectivity index (χ3v) is 3.73. The van der Waals surface area contributed by atoms with E-state index in [0.717, 1.165) is 12.1 Å². The van der Waals surface area contributed by atoms with Crippen LogP contribution in [0.25, 0.3) is 0 Å². The summed E-state index contributed by atoms with van der Waals surface area (Å²) >= 11 is 0. The first-order chi connectivity index (χ1) is 8.81. The Morgan fingerprint density at radius 2 is 1.95 bits per heavy atom. The van der Waals surface area contributed by atoms with E-state index < -0.39 is 50.6 Å². The van der Waals surface area contributed by atoms with Gasteiger partial charge in [-0.2, -0.15) is 0 Å². The van der Waals surface area contributed by atoms with Gasteiger partial charge in [-0.3, -0.25) is 10.1 Å². The molecule has 0 aliphatic carbocycles. The first-order valence-corrected chi connectivity index (χ1v) is 6.48. The normalized spacial score (nSPS) is 11.8. The molecule has 0 aliphatic heterocycles. The number of nitro benzene ring substituents is 1. The van der Waals surface area contributed by atoms with Gasteiger partial charge in [-0.05, 0) is 6.07 Å². The molecule has 0 unspecified atom stereocenters. The van der Waals surface area contributed by atoms with E-state index in [9.17, 15) is 22.9 Å². The van der Waals surface area contributed by atoms with Crippen molar-refractivity contribution in [2.45, 2.75) is 10.9 Å². The zero-order valence-electron chi connectivity index (χ0n) is 9.48. The lowest BCUT2D eigenvalue weighted by Gasteiger charge is -2.13. The molecule has 0 aliphatic rings. The van der Waals surface area contributed by atoms with Gasteiger partial charge >= 0.3 is 0 Å². The molecule has 0 fully saturated rings. The summed E-state index contributed by atoms with van der Waals surface area (Å²) in [5, 5.41) is 27.9. The average Bonchev–Trinajstić information content (AvgIpc) is 2.35. The van der Waals surface area contributed by atoms with E-state index in [1.165, 1.54) is 0 Å². The molecule has 0 saturated heterocycles. The maximum atomic E-state index is 13.5. The van der Waals surface area contributed by atoms with Crippen LogP contribution < -0.4 is 4.72 Å². The summed E-state index contributed by atoms with van der Waals surface area (Å²) < 4.78 is 38.8. The third kappa shape index (κ3) is 3.67. The Bertz CT molecular complexity index is 572. The number of non-ortho nitro benzene ring substituents is 1. The number of nitro groups is 1. The van der Waals surface area contributed by atoms with E-state index in [0.29, 0.717) is 6.07 Å². The molecule has 8 nitrogen and oxygen atoms in total. The van der Waals surface area contributed by atoms with Crippen LogP contribution in [-0.4, -0.2) is 42.8 Å². The van der Waals surface area contributed by atoms with Crippen LogP contribution in [0.5, 0.6) is 0 Å². The van der Waals surface area contributed by atoms with Gasteiger partial charge in [0.1, 0.15) is 10.7 Å². The van der Waals surface area contributed by atoms with E-state index >= 15 is 0 Å². The molecule has 1 aromatic rings. The second-order valence-corrected chi connectivity index (χ2v) is 5.24. The van der Waals surface area contributed by atoms with Crippen LogP contribution in [0.15, 0.2) is 23.1 Å². The number of hydrogen-bond acceptors (Lipinski definition) is 6. The molecule has 0 spiro atoms. The van der Waals surface area contributed by atoms with Gasteiger partial charge < -0.3 is 10.2 Å². The monoisotopic (exact) mass is 294 g/mol. The summed E-state index contributed by atoms with van der Waals surface area (Å²) in [6, 6.07) is 0.868. The zero-order valence-corrected chi connectivity index (χ0v) is 10.3. The number of nitrogens with one attached hydrogen (secondary N) is 1. The lowest BCUT2D eigenvalue weighted by atomic mass is 10.3. The number of nitrogens with zero attached hydrogens (tertiary/aromatic N) is 1. The van der Waals surface area contributed by atoms with Crippen molar-refractivity contribution in [2.24, 2.45) is 0 Å². The molecule has 19 heavy (non-hydrogen) atoms. The summed E-state index contributed by atoms with van der Waals surface area (Å²) in [6.45, 7) is -1.35. The van der Waals surface area contributed by atoms with Crippen LogP contribution in [-0.2, 0) is 10.0 Å². The zero-order chi connectivity index (χ0) is 14.6. The first kappa shape index (κ1) is 15.4. The highest BCUT2D eigenvalue weighted by atomic mass is 32.2. The molecule has 1 aromatic carbocycles. The van der Waals surface area contributed by atoms with Crippen LogP contribution in [0.1, 0.15) is 0 Å². The molecule has 3 N–H and O–H groups in total. The Hall–Kier alpha value is -1.62. The van der Waals surface area contributed by atoms with Gasteiger partial charge in [0, 0.05) is 6.07 Å². The number of aliphatic hydroxyl groups is 2. The quantitative estimate of drug-likeness (QED) is 0.473. The van der Waals surface area contributed by atoms with Crippen molar-refractivity contribution in [3.05, 3.63) is 34.1 Å². The van der Waals surface area contributed by atoms with Crippen molar-refractivity contribution in [3.8, 4) is 0 Å². The van der Waals surface area contributed by atoms with Gasteiger partial charge in [0.15, 0.2) is 0 Å². The van der Waals surface area contributed by atoms with Crippen LogP contribution in [0.2, 0.25) is 0 Å². The van der Waals surface area contributed by atoms with Crippen molar-refractivity contribution < 1.29 is 27.9 Å². The summed E-state index contributed by atoms with van der Waals surface area (Å²) in [5.41, 5.74) is -0.586. The SMILES string of the molecule is O=[N+]([O-])c1ccc(S(=O)(=O)NC(CO)CO)c(F)c1. The Labute approximate surface area is 107 Å². The van der Waals surface area contributed by atoms with Gasteiger partial charge in [0.2, 0.25) is 10.0 Å². The van der Waals surface area contributed by atoms with Crippen molar-refractivity contribution in [1.82, 2.24) is 4.72 Å². The van der Waals surface area contributed by atoms with Crippen molar-refractivity contribution in [3.63, 3.8) is 0 Å². The third-order valence-electron chi connectivity index (χ3n) is 2.18. The molecule has 0 amide bonds. The summed E-state index contributed by atoms with van der Waals surface area (Å²) in [7, 11) is -4.32. The minimum absolute atomic E-state index is 0.474. The summed E-state index contributed by atoms with van der Waals surface area (Å²) in [5.74, 6) is -1.30. The molecular weight excluding hydrogens is 283 g/mol. The molecule has 0 bridgehead atoms. The molecule has 0 atom stereocenters. The van der Waals surface area contributed by atoms with Crippen LogP contribution in [0.4, 0.5) is 10.1 Å². The summed E-state index contributed by atoms with van der Waals surface area (Å²) in [4.78, 5) is 8.73. The average molecular weight is 294 g/mol. The molecule has 0 saturated carbocycles. The lowest BCUT2D eigenvalue weighted by molar-refractivity contribution is -0.385. The van der Waals surface area contributed by atoms with E-state index in [4.69, 9.17) is 10.2 Å².